The third-order valence-electron chi connectivity index (χ3n) is 9.33. The van der Waals surface area contributed by atoms with Crippen molar-refractivity contribution in [3.05, 3.63) is 65.4 Å². The second-order valence-electron chi connectivity index (χ2n) is 11.5. The Labute approximate surface area is 217 Å². The molecule has 6 rings (SSSR count). The first-order chi connectivity index (χ1) is 17.8. The van der Waals surface area contributed by atoms with Crippen molar-refractivity contribution in [3.63, 3.8) is 0 Å². The second-order valence-corrected chi connectivity index (χ2v) is 11.5. The zero-order chi connectivity index (χ0) is 25.9. The van der Waals surface area contributed by atoms with Crippen molar-refractivity contribution in [1.82, 2.24) is 15.0 Å². The average molecular weight is 495 g/mol. The van der Waals surface area contributed by atoms with Crippen molar-refractivity contribution in [2.24, 2.45) is 17.3 Å². The first-order valence-corrected chi connectivity index (χ1v) is 13.4. The summed E-state index contributed by atoms with van der Waals surface area (Å²) in [5.41, 5.74) is 3.68. The van der Waals surface area contributed by atoms with E-state index in [9.17, 15) is 10.1 Å². The van der Waals surface area contributed by atoms with Gasteiger partial charge < -0.3 is 0 Å². The fourth-order valence-electron chi connectivity index (χ4n) is 7.03. The van der Waals surface area contributed by atoms with Gasteiger partial charge in [0.05, 0.1) is 17.5 Å². The third-order valence-corrected chi connectivity index (χ3v) is 9.33. The van der Waals surface area contributed by atoms with Crippen molar-refractivity contribution in [2.75, 3.05) is 0 Å². The molecule has 188 valence electrons. The molecule has 0 amide bonds. The summed E-state index contributed by atoms with van der Waals surface area (Å²) in [6.07, 6.45) is 6.63. The molecule has 2 aromatic heterocycles. The highest BCUT2D eigenvalue weighted by molar-refractivity contribution is 5.90. The molecular formula is C31H31FN4O. The number of hydrogen-bond acceptors (Lipinski definition) is 5. The molecule has 0 radical (unpaired) electrons. The smallest absolute Gasteiger partial charge is 0.160 e. The molecule has 1 aromatic carbocycles. The number of pyridine rings is 1. The van der Waals surface area contributed by atoms with Gasteiger partial charge in [0, 0.05) is 45.3 Å². The number of halogens is 1. The fourth-order valence-corrected chi connectivity index (χ4v) is 7.03. The summed E-state index contributed by atoms with van der Waals surface area (Å²) < 4.78 is 15.2. The molecule has 0 spiro atoms. The second kappa shape index (κ2) is 8.55. The van der Waals surface area contributed by atoms with Crippen LogP contribution in [-0.2, 0) is 16.6 Å². The van der Waals surface area contributed by atoms with Crippen molar-refractivity contribution in [1.29, 1.82) is 5.26 Å². The molecule has 0 N–H and O–H groups in total. The van der Waals surface area contributed by atoms with Gasteiger partial charge in [0.25, 0.3) is 0 Å². The SMILES string of the molecule is CC[C@@]1(C)C(=O)C(C#N)C[C@@]2(C)c3nc(-c4ccnc(C5CC5)c4)nc(-c4ccccc4F)c3CC[C@H]12. The summed E-state index contributed by atoms with van der Waals surface area (Å²) in [6, 6.07) is 13.0. The van der Waals surface area contributed by atoms with E-state index in [-0.39, 0.29) is 17.5 Å². The van der Waals surface area contributed by atoms with E-state index in [2.05, 4.69) is 24.0 Å². The topological polar surface area (TPSA) is 79.5 Å². The highest BCUT2D eigenvalue weighted by Crippen LogP contribution is 2.58. The maximum Gasteiger partial charge on any atom is 0.160 e. The lowest BCUT2D eigenvalue weighted by molar-refractivity contribution is -0.142. The fraction of sp³-hybridized carbons (Fsp3) is 0.452. The number of nitriles is 1. The Morgan fingerprint density at radius 1 is 1.14 bits per heavy atom. The maximum atomic E-state index is 15.2. The van der Waals surface area contributed by atoms with Crippen LogP contribution in [0.3, 0.4) is 0 Å². The summed E-state index contributed by atoms with van der Waals surface area (Å²) in [6.45, 7) is 6.22. The molecule has 1 unspecified atom stereocenters. The Bertz CT molecular complexity index is 1460. The lowest BCUT2D eigenvalue weighted by Gasteiger charge is -2.54. The number of nitrogens with zero attached hydrogens (tertiary/aromatic N) is 4. The van der Waals surface area contributed by atoms with Crippen LogP contribution in [0.2, 0.25) is 0 Å². The van der Waals surface area contributed by atoms with Crippen LogP contribution in [0.4, 0.5) is 4.39 Å². The van der Waals surface area contributed by atoms with E-state index in [1.807, 2.05) is 26.0 Å². The number of rotatable bonds is 4. The zero-order valence-corrected chi connectivity index (χ0v) is 21.6. The van der Waals surface area contributed by atoms with E-state index in [1.54, 1.807) is 18.3 Å². The van der Waals surface area contributed by atoms with Crippen LogP contribution in [0.25, 0.3) is 22.6 Å². The van der Waals surface area contributed by atoms with Crippen molar-refractivity contribution >= 4 is 5.78 Å². The molecule has 2 saturated carbocycles. The monoisotopic (exact) mass is 494 g/mol. The van der Waals surface area contributed by atoms with E-state index in [1.165, 1.54) is 6.07 Å². The third kappa shape index (κ3) is 3.62. The molecule has 6 heteroatoms. The first kappa shape index (κ1) is 23.9. The molecule has 4 atom stereocenters. The predicted octanol–water partition coefficient (Wildman–Crippen LogP) is 6.57. The summed E-state index contributed by atoms with van der Waals surface area (Å²) in [4.78, 5) is 28.2. The Hall–Kier alpha value is -3.46. The van der Waals surface area contributed by atoms with Crippen LogP contribution in [0, 0.1) is 34.4 Å². The van der Waals surface area contributed by atoms with Crippen LogP contribution in [0.1, 0.15) is 75.7 Å². The number of carbonyl (C=O) groups is 1. The minimum atomic E-state index is -0.685. The van der Waals surface area contributed by atoms with Gasteiger partial charge in [-0.2, -0.15) is 5.26 Å². The molecule has 0 bridgehead atoms. The van der Waals surface area contributed by atoms with E-state index in [0.717, 1.165) is 41.8 Å². The number of benzene rings is 1. The van der Waals surface area contributed by atoms with Crippen LogP contribution in [-0.4, -0.2) is 20.7 Å². The lowest BCUT2D eigenvalue weighted by atomic mass is 9.47. The van der Waals surface area contributed by atoms with Crippen molar-refractivity contribution in [3.8, 4) is 28.7 Å². The molecule has 2 fully saturated rings. The maximum absolute atomic E-state index is 15.2. The molecule has 0 aliphatic heterocycles. The Morgan fingerprint density at radius 3 is 2.62 bits per heavy atom. The number of carbonyl (C=O) groups excluding carboxylic acids is 1. The lowest BCUT2D eigenvalue weighted by Crippen LogP contribution is -2.56. The average Bonchev–Trinajstić information content (AvgIpc) is 3.76. The van der Waals surface area contributed by atoms with Crippen molar-refractivity contribution in [2.45, 2.75) is 70.6 Å². The van der Waals surface area contributed by atoms with E-state index >= 15 is 4.39 Å². The standard InChI is InChI=1S/C31H31FN4O/c1-4-30(2)25-12-11-22-26(21-7-5-6-8-23(21)32)35-29(19-13-14-34-24(15-19)18-9-10-18)36-27(22)31(25,3)16-20(17-33)28(30)37/h5-8,13-15,18,20,25H,4,9-12,16H2,1-3H3/t20?,25-,30-,31-/m1/s1. The summed E-state index contributed by atoms with van der Waals surface area (Å²) >= 11 is 0. The molecule has 3 aromatic rings. The molecule has 3 aliphatic carbocycles. The van der Waals surface area contributed by atoms with Gasteiger partial charge in [-0.15, -0.1) is 0 Å². The molecule has 37 heavy (non-hydrogen) atoms. The van der Waals surface area contributed by atoms with Gasteiger partial charge in [0.15, 0.2) is 11.6 Å². The van der Waals surface area contributed by atoms with Gasteiger partial charge in [0.1, 0.15) is 11.7 Å². The number of ketones is 1. The number of fused-ring (bicyclic) bond motifs is 3. The number of Topliss-reactive ketones (excluding diaryl/α,β-unsaturated/α-hetero) is 1. The summed E-state index contributed by atoms with van der Waals surface area (Å²) in [5.74, 6) is 0.126. The highest BCUT2D eigenvalue weighted by Gasteiger charge is 2.59. The number of aromatic nitrogens is 3. The molecule has 0 saturated heterocycles. The van der Waals surface area contributed by atoms with Crippen LogP contribution in [0.15, 0.2) is 42.6 Å². The van der Waals surface area contributed by atoms with Crippen LogP contribution < -0.4 is 0 Å². The van der Waals surface area contributed by atoms with Gasteiger partial charge in [-0.25, -0.2) is 14.4 Å². The zero-order valence-electron chi connectivity index (χ0n) is 21.6. The quantitative estimate of drug-likeness (QED) is 0.410. The van der Waals surface area contributed by atoms with E-state index in [4.69, 9.17) is 9.97 Å². The Morgan fingerprint density at radius 2 is 1.92 bits per heavy atom. The van der Waals surface area contributed by atoms with Gasteiger partial charge in [0.2, 0.25) is 0 Å². The largest absolute Gasteiger partial charge is 0.298 e. The Kier molecular flexibility index (Phi) is 5.52. The van der Waals surface area contributed by atoms with E-state index < -0.39 is 16.7 Å². The van der Waals surface area contributed by atoms with E-state index in [0.29, 0.717) is 42.3 Å². The van der Waals surface area contributed by atoms with Gasteiger partial charge in [-0.1, -0.05) is 32.9 Å². The first-order valence-electron chi connectivity index (χ1n) is 13.4. The van der Waals surface area contributed by atoms with Crippen molar-refractivity contribution < 1.29 is 9.18 Å². The minimum absolute atomic E-state index is 0.0466. The summed E-state index contributed by atoms with van der Waals surface area (Å²) in [5, 5.41) is 9.97. The van der Waals surface area contributed by atoms with Gasteiger partial charge in [-0.05, 0) is 68.7 Å². The van der Waals surface area contributed by atoms with Gasteiger partial charge >= 0.3 is 0 Å². The number of hydrogen-bond donors (Lipinski definition) is 0. The molecule has 5 nitrogen and oxygen atoms in total. The summed E-state index contributed by atoms with van der Waals surface area (Å²) in [7, 11) is 0. The Balaban J connectivity index is 1.61. The predicted molar refractivity (Wildman–Crippen MR) is 139 cm³/mol. The molecule has 2 heterocycles. The normalized spacial score (nSPS) is 28.8. The highest BCUT2D eigenvalue weighted by atomic mass is 19.1. The molecular weight excluding hydrogens is 463 g/mol. The molecule has 3 aliphatic rings. The minimum Gasteiger partial charge on any atom is -0.298 e. The van der Waals surface area contributed by atoms with Crippen LogP contribution in [0.5, 0.6) is 0 Å². The van der Waals surface area contributed by atoms with Gasteiger partial charge in [-0.3, -0.25) is 9.78 Å². The van der Waals surface area contributed by atoms with Crippen LogP contribution >= 0.6 is 0 Å².